The fourth-order valence-corrected chi connectivity index (χ4v) is 1.21. The Hall–Kier alpha value is -0.790. The van der Waals surface area contributed by atoms with Gasteiger partial charge < -0.3 is 5.73 Å². The van der Waals surface area contributed by atoms with Crippen molar-refractivity contribution in [3.05, 3.63) is 41.5 Å². The Labute approximate surface area is 84.2 Å². The first-order valence-corrected chi connectivity index (χ1v) is 4.92. The molecule has 0 heterocycles. The van der Waals surface area contributed by atoms with Gasteiger partial charge in [-0.05, 0) is 24.1 Å². The largest absolute Gasteiger partial charge is 0.330 e. The molecule has 1 aromatic rings. The molecule has 0 aliphatic rings. The van der Waals surface area contributed by atoms with Gasteiger partial charge >= 0.3 is 0 Å². The topological polar surface area (TPSA) is 26.0 Å². The molecule has 2 N–H and O–H groups in total. The summed E-state index contributed by atoms with van der Waals surface area (Å²) in [5, 5.41) is 0. The second kappa shape index (κ2) is 5.79. The molecule has 0 spiro atoms. The molecule has 0 aliphatic carbocycles. The van der Waals surface area contributed by atoms with E-state index in [-0.39, 0.29) is 0 Å². The number of rotatable bonds is 4. The first-order chi connectivity index (χ1) is 6.36. The third-order valence-corrected chi connectivity index (χ3v) is 2.09. The van der Waals surface area contributed by atoms with E-state index >= 15 is 0 Å². The molecular weight excluding hydrogens is 182 g/mol. The van der Waals surface area contributed by atoms with Crippen LogP contribution in [0.5, 0.6) is 0 Å². The van der Waals surface area contributed by atoms with Crippen LogP contribution >= 0.6 is 11.6 Å². The van der Waals surface area contributed by atoms with Crippen LogP contribution in [0.15, 0.2) is 30.3 Å². The van der Waals surface area contributed by atoms with E-state index in [1.165, 1.54) is 5.56 Å². The Morgan fingerprint density at radius 2 is 1.92 bits per heavy atom. The van der Waals surface area contributed by atoms with Crippen molar-refractivity contribution >= 4 is 17.7 Å². The number of hydrogen-bond acceptors (Lipinski definition) is 1. The smallest absolute Gasteiger partial charge is 0.0474 e. The van der Waals surface area contributed by atoms with Gasteiger partial charge in [0.05, 0.1) is 0 Å². The van der Waals surface area contributed by atoms with Crippen molar-refractivity contribution in [2.75, 3.05) is 6.54 Å². The van der Waals surface area contributed by atoms with Gasteiger partial charge in [0.25, 0.3) is 0 Å². The predicted molar refractivity (Wildman–Crippen MR) is 58.7 cm³/mol. The molecule has 0 aromatic heterocycles. The lowest BCUT2D eigenvalue weighted by Gasteiger charge is -1.96. The number of nitrogens with two attached hydrogens (primary N) is 1. The lowest BCUT2D eigenvalue weighted by Crippen LogP contribution is -1.94. The highest BCUT2D eigenvalue weighted by Crippen LogP contribution is 2.08. The minimum absolute atomic E-state index is 0.576. The number of benzene rings is 1. The van der Waals surface area contributed by atoms with Gasteiger partial charge in [0.15, 0.2) is 0 Å². The summed E-state index contributed by atoms with van der Waals surface area (Å²) >= 11 is 5.67. The van der Waals surface area contributed by atoms with Crippen LogP contribution in [-0.2, 0) is 5.88 Å². The molecule has 0 bridgehead atoms. The van der Waals surface area contributed by atoms with E-state index in [4.69, 9.17) is 17.3 Å². The van der Waals surface area contributed by atoms with Crippen molar-refractivity contribution in [1.82, 2.24) is 0 Å². The normalized spacial score (nSPS) is 10.9. The monoisotopic (exact) mass is 195 g/mol. The van der Waals surface area contributed by atoms with E-state index in [9.17, 15) is 0 Å². The van der Waals surface area contributed by atoms with Crippen LogP contribution < -0.4 is 5.73 Å². The van der Waals surface area contributed by atoms with Gasteiger partial charge in [-0.15, -0.1) is 11.6 Å². The Morgan fingerprint density at radius 3 is 2.46 bits per heavy atom. The molecule has 0 saturated carbocycles. The standard InChI is InChI=1S/C11H14ClN/c12-9-11-6-4-10(5-7-11)3-1-2-8-13/h1,3-7H,2,8-9,13H2. The van der Waals surface area contributed by atoms with Gasteiger partial charge in [-0.25, -0.2) is 0 Å². The third kappa shape index (κ3) is 3.62. The zero-order valence-corrected chi connectivity index (χ0v) is 8.30. The molecule has 0 fully saturated rings. The maximum absolute atomic E-state index is 5.67. The maximum atomic E-state index is 5.67. The van der Waals surface area contributed by atoms with Gasteiger partial charge in [-0.1, -0.05) is 36.4 Å². The number of alkyl halides is 1. The van der Waals surface area contributed by atoms with Gasteiger partial charge in [0, 0.05) is 5.88 Å². The fourth-order valence-electron chi connectivity index (χ4n) is 1.03. The predicted octanol–water partition coefficient (Wildman–Crippen LogP) is 2.79. The molecule has 13 heavy (non-hydrogen) atoms. The SMILES string of the molecule is NCCC=Cc1ccc(CCl)cc1. The molecule has 70 valence electrons. The quantitative estimate of drug-likeness (QED) is 0.735. The van der Waals surface area contributed by atoms with Crippen LogP contribution in [0.4, 0.5) is 0 Å². The molecular formula is C11H14ClN. The Morgan fingerprint density at radius 1 is 1.23 bits per heavy atom. The molecule has 0 radical (unpaired) electrons. The van der Waals surface area contributed by atoms with Crippen LogP contribution in [0.25, 0.3) is 6.08 Å². The van der Waals surface area contributed by atoms with Gasteiger partial charge in [-0.3, -0.25) is 0 Å². The summed E-state index contributed by atoms with van der Waals surface area (Å²) in [6, 6.07) is 8.19. The van der Waals surface area contributed by atoms with E-state index in [0.29, 0.717) is 12.4 Å². The van der Waals surface area contributed by atoms with Gasteiger partial charge in [-0.2, -0.15) is 0 Å². The lowest BCUT2D eigenvalue weighted by molar-refractivity contribution is 1.01. The zero-order chi connectivity index (χ0) is 9.52. The third-order valence-electron chi connectivity index (χ3n) is 1.78. The Balaban J connectivity index is 2.58. The van der Waals surface area contributed by atoms with Crippen molar-refractivity contribution in [2.45, 2.75) is 12.3 Å². The maximum Gasteiger partial charge on any atom is 0.0474 e. The van der Waals surface area contributed by atoms with E-state index in [1.54, 1.807) is 0 Å². The van der Waals surface area contributed by atoms with Crippen LogP contribution in [0.1, 0.15) is 17.5 Å². The molecule has 0 unspecified atom stereocenters. The molecule has 0 aliphatic heterocycles. The van der Waals surface area contributed by atoms with Crippen molar-refractivity contribution in [3.8, 4) is 0 Å². The molecule has 1 aromatic carbocycles. The first-order valence-electron chi connectivity index (χ1n) is 4.38. The Bertz CT molecular complexity index is 264. The molecule has 0 saturated heterocycles. The van der Waals surface area contributed by atoms with Crippen molar-refractivity contribution in [2.24, 2.45) is 5.73 Å². The van der Waals surface area contributed by atoms with E-state index in [0.717, 1.165) is 12.0 Å². The summed E-state index contributed by atoms with van der Waals surface area (Å²) in [4.78, 5) is 0. The molecule has 0 amide bonds. The molecule has 0 atom stereocenters. The van der Waals surface area contributed by atoms with Crippen molar-refractivity contribution in [3.63, 3.8) is 0 Å². The highest BCUT2D eigenvalue weighted by molar-refractivity contribution is 6.17. The van der Waals surface area contributed by atoms with Crippen molar-refractivity contribution in [1.29, 1.82) is 0 Å². The van der Waals surface area contributed by atoms with E-state index in [1.807, 2.05) is 12.1 Å². The number of hydrogen-bond donors (Lipinski definition) is 1. The Kier molecular flexibility index (Phi) is 4.58. The minimum Gasteiger partial charge on any atom is -0.330 e. The second-order valence-electron chi connectivity index (χ2n) is 2.85. The summed E-state index contributed by atoms with van der Waals surface area (Å²) in [7, 11) is 0. The van der Waals surface area contributed by atoms with E-state index < -0.39 is 0 Å². The van der Waals surface area contributed by atoms with E-state index in [2.05, 4.69) is 24.3 Å². The molecule has 1 rings (SSSR count). The molecule has 2 heteroatoms. The van der Waals surface area contributed by atoms with Gasteiger partial charge in [0.2, 0.25) is 0 Å². The average molecular weight is 196 g/mol. The molecule has 1 nitrogen and oxygen atoms in total. The fraction of sp³-hybridized carbons (Fsp3) is 0.273. The highest BCUT2D eigenvalue weighted by atomic mass is 35.5. The first kappa shape index (κ1) is 10.3. The van der Waals surface area contributed by atoms with Crippen LogP contribution in [0.3, 0.4) is 0 Å². The van der Waals surface area contributed by atoms with Crippen molar-refractivity contribution < 1.29 is 0 Å². The van der Waals surface area contributed by atoms with Crippen LogP contribution in [-0.4, -0.2) is 6.54 Å². The van der Waals surface area contributed by atoms with Gasteiger partial charge in [0.1, 0.15) is 0 Å². The second-order valence-corrected chi connectivity index (χ2v) is 3.12. The minimum atomic E-state index is 0.576. The van der Waals surface area contributed by atoms with Crippen LogP contribution in [0, 0.1) is 0 Å². The average Bonchev–Trinajstić information content (AvgIpc) is 2.19. The lowest BCUT2D eigenvalue weighted by atomic mass is 10.1. The highest BCUT2D eigenvalue weighted by Gasteiger charge is 1.88. The summed E-state index contributed by atoms with van der Waals surface area (Å²) in [5.74, 6) is 0.576. The number of halogens is 1. The van der Waals surface area contributed by atoms with Crippen LogP contribution in [0.2, 0.25) is 0 Å². The summed E-state index contributed by atoms with van der Waals surface area (Å²) in [5.41, 5.74) is 7.72. The zero-order valence-electron chi connectivity index (χ0n) is 7.54. The summed E-state index contributed by atoms with van der Waals surface area (Å²) in [6.07, 6.45) is 5.08. The summed E-state index contributed by atoms with van der Waals surface area (Å²) < 4.78 is 0. The summed E-state index contributed by atoms with van der Waals surface area (Å²) in [6.45, 7) is 0.705.